The van der Waals surface area contributed by atoms with Gasteiger partial charge >= 0.3 is 0 Å². The first-order chi connectivity index (χ1) is 11.0. The minimum atomic E-state index is -3.60. The molecule has 2 aromatic carbocycles. The van der Waals surface area contributed by atoms with E-state index in [1.54, 1.807) is 31.4 Å². The molecule has 22 heavy (non-hydrogen) atoms. The third kappa shape index (κ3) is 5.19. The van der Waals surface area contributed by atoms with E-state index in [1.165, 1.54) is 6.08 Å². The maximum absolute atomic E-state index is 13.5. The molecule has 2 rings (SSSR count). The standard InChI is InChI=1S/C18H18F2OS/c1-21-15-10-12-16(13-11-15)22-17(18(19)20)9-5-8-14-6-3-2-4-7-14/h2-4,6-7,9-13,18H,5,8H2,1H3/b17-9-/i18D. The molecule has 0 bridgehead atoms. The molecule has 0 fully saturated rings. The second-order valence-corrected chi connectivity index (χ2v) is 5.75. The molecule has 0 atom stereocenters. The normalized spacial score (nSPS) is 12.9. The van der Waals surface area contributed by atoms with Gasteiger partial charge in [0, 0.05) is 4.90 Å². The van der Waals surface area contributed by atoms with E-state index < -0.39 is 6.40 Å². The highest BCUT2D eigenvalue weighted by molar-refractivity contribution is 8.03. The summed E-state index contributed by atoms with van der Waals surface area (Å²) in [5.41, 5.74) is 1.09. The molecule has 0 spiro atoms. The number of allylic oxidation sites excluding steroid dienone is 2. The number of aryl methyl sites for hydroxylation is 1. The molecule has 1 nitrogen and oxygen atoms in total. The average Bonchev–Trinajstić information content (AvgIpc) is 2.54. The van der Waals surface area contributed by atoms with E-state index in [2.05, 4.69) is 0 Å². The predicted molar refractivity (Wildman–Crippen MR) is 87.7 cm³/mol. The van der Waals surface area contributed by atoms with Crippen LogP contribution in [-0.4, -0.2) is 13.5 Å². The average molecular weight is 321 g/mol. The van der Waals surface area contributed by atoms with Crippen molar-refractivity contribution in [3.8, 4) is 5.75 Å². The summed E-state index contributed by atoms with van der Waals surface area (Å²) in [4.78, 5) is 0.405. The first kappa shape index (κ1) is 15.1. The van der Waals surface area contributed by atoms with E-state index >= 15 is 0 Å². The van der Waals surface area contributed by atoms with Gasteiger partial charge in [0.2, 0.25) is 0 Å². The Hall–Kier alpha value is -1.81. The summed E-state index contributed by atoms with van der Waals surface area (Å²) in [6.07, 6.45) is -1.00. The highest BCUT2D eigenvalue weighted by atomic mass is 32.2. The maximum Gasteiger partial charge on any atom is 0.269 e. The number of hydrogen-bond donors (Lipinski definition) is 0. The van der Waals surface area contributed by atoms with E-state index in [0.29, 0.717) is 23.5 Å². The Morgan fingerprint density at radius 2 is 1.86 bits per heavy atom. The van der Waals surface area contributed by atoms with Gasteiger partial charge in [-0.25, -0.2) is 8.78 Å². The van der Waals surface area contributed by atoms with Crippen molar-refractivity contribution in [2.24, 2.45) is 0 Å². The van der Waals surface area contributed by atoms with Crippen LogP contribution in [0.3, 0.4) is 0 Å². The third-order valence-electron chi connectivity index (χ3n) is 3.08. The zero-order chi connectivity index (χ0) is 16.7. The number of ether oxygens (including phenoxy) is 1. The van der Waals surface area contributed by atoms with Gasteiger partial charge in [-0.05, 0) is 42.7 Å². The third-order valence-corrected chi connectivity index (χ3v) is 4.13. The lowest BCUT2D eigenvalue weighted by Crippen LogP contribution is -1.94. The van der Waals surface area contributed by atoms with Crippen molar-refractivity contribution in [2.45, 2.75) is 24.1 Å². The molecule has 0 saturated carbocycles. The van der Waals surface area contributed by atoms with Gasteiger partial charge in [0.25, 0.3) is 6.40 Å². The Morgan fingerprint density at radius 1 is 1.18 bits per heavy atom. The van der Waals surface area contributed by atoms with E-state index in [-0.39, 0.29) is 4.91 Å². The summed E-state index contributed by atoms with van der Waals surface area (Å²) in [6.45, 7) is 0. The molecule has 4 heteroatoms. The van der Waals surface area contributed by atoms with Gasteiger partial charge < -0.3 is 4.74 Å². The summed E-state index contributed by atoms with van der Waals surface area (Å²) in [6, 6.07) is 16.5. The van der Waals surface area contributed by atoms with E-state index in [9.17, 15) is 8.78 Å². The van der Waals surface area contributed by atoms with E-state index in [1.807, 2.05) is 30.3 Å². The fourth-order valence-corrected chi connectivity index (χ4v) is 2.75. The van der Waals surface area contributed by atoms with Crippen molar-refractivity contribution in [3.63, 3.8) is 0 Å². The van der Waals surface area contributed by atoms with Crippen LogP contribution in [0.4, 0.5) is 8.78 Å². The molecule has 0 amide bonds. The monoisotopic (exact) mass is 321 g/mol. The summed E-state index contributed by atoms with van der Waals surface area (Å²) in [5, 5.41) is 0. The van der Waals surface area contributed by atoms with Gasteiger partial charge in [-0.15, -0.1) is 0 Å². The Kier molecular flexibility index (Phi) is 5.89. The minimum absolute atomic E-state index is 0.251. The molecule has 0 heterocycles. The largest absolute Gasteiger partial charge is 0.497 e. The fourth-order valence-electron chi connectivity index (χ4n) is 1.94. The molecule has 0 unspecified atom stereocenters. The van der Waals surface area contributed by atoms with Crippen molar-refractivity contribution < 1.29 is 14.9 Å². The van der Waals surface area contributed by atoms with Crippen LogP contribution in [0, 0.1) is 0 Å². The zero-order valence-electron chi connectivity index (χ0n) is 13.3. The van der Waals surface area contributed by atoms with E-state index in [0.717, 1.165) is 17.3 Å². The van der Waals surface area contributed by atoms with Crippen LogP contribution in [-0.2, 0) is 6.42 Å². The van der Waals surface area contributed by atoms with Gasteiger partial charge in [0.1, 0.15) is 7.12 Å². The number of rotatable bonds is 7. The lowest BCUT2D eigenvalue weighted by atomic mass is 10.1. The van der Waals surface area contributed by atoms with Crippen LogP contribution in [0.25, 0.3) is 0 Å². The Bertz CT molecular complexity index is 636. The van der Waals surface area contributed by atoms with Gasteiger partial charge in [-0.1, -0.05) is 48.2 Å². The van der Waals surface area contributed by atoms with Crippen LogP contribution in [0.2, 0.25) is 0 Å². The molecule has 0 aliphatic heterocycles. The van der Waals surface area contributed by atoms with Crippen molar-refractivity contribution in [1.82, 2.24) is 0 Å². The first-order valence-electron chi connectivity index (χ1n) is 7.43. The van der Waals surface area contributed by atoms with Gasteiger partial charge in [0.05, 0.1) is 12.0 Å². The second-order valence-electron chi connectivity index (χ2n) is 4.63. The van der Waals surface area contributed by atoms with Crippen molar-refractivity contribution >= 4 is 11.8 Å². The summed E-state index contributed by atoms with van der Waals surface area (Å²) >= 11 is 0.918. The second kappa shape index (κ2) is 8.59. The van der Waals surface area contributed by atoms with Gasteiger partial charge in [0.15, 0.2) is 0 Å². The van der Waals surface area contributed by atoms with Crippen LogP contribution in [0.1, 0.15) is 13.4 Å². The number of alkyl halides is 2. The quantitative estimate of drug-likeness (QED) is 0.617. The Balaban J connectivity index is 2.05. The smallest absolute Gasteiger partial charge is 0.269 e. The minimum Gasteiger partial charge on any atom is -0.497 e. The topological polar surface area (TPSA) is 9.23 Å². The molecule has 0 aliphatic carbocycles. The molecule has 2 aromatic rings. The molecule has 0 aliphatic rings. The molecule has 0 saturated heterocycles. The lowest BCUT2D eigenvalue weighted by Gasteiger charge is -2.07. The zero-order valence-corrected chi connectivity index (χ0v) is 13.1. The van der Waals surface area contributed by atoms with Crippen molar-refractivity contribution in [2.75, 3.05) is 7.11 Å². The number of methoxy groups -OCH3 is 1. The van der Waals surface area contributed by atoms with Crippen LogP contribution in [0.5, 0.6) is 5.75 Å². The number of halogens is 2. The molecule has 116 valence electrons. The molecule has 0 N–H and O–H groups in total. The summed E-state index contributed by atoms with van der Waals surface area (Å²) in [5.74, 6) is 0.668. The molecular weight excluding hydrogens is 302 g/mol. The maximum atomic E-state index is 13.5. The number of hydrogen-bond acceptors (Lipinski definition) is 2. The Morgan fingerprint density at radius 3 is 2.45 bits per heavy atom. The fraction of sp³-hybridized carbons (Fsp3) is 0.222. The predicted octanol–water partition coefficient (Wildman–Crippen LogP) is 5.57. The number of benzene rings is 2. The van der Waals surface area contributed by atoms with Gasteiger partial charge in [-0.3, -0.25) is 0 Å². The molecule has 0 aromatic heterocycles. The highest BCUT2D eigenvalue weighted by Crippen LogP contribution is 2.32. The van der Waals surface area contributed by atoms with E-state index in [4.69, 9.17) is 6.11 Å². The number of thioether (sulfide) groups is 1. The SMILES string of the molecule is [2H]C(F)(F)/C(=C/CCc1ccccc1)Sc1ccc(OC)cc1. The van der Waals surface area contributed by atoms with Crippen LogP contribution < -0.4 is 4.74 Å². The molecule has 0 radical (unpaired) electrons. The van der Waals surface area contributed by atoms with Crippen molar-refractivity contribution in [3.05, 3.63) is 71.1 Å². The summed E-state index contributed by atoms with van der Waals surface area (Å²) < 4.78 is 39.1. The highest BCUT2D eigenvalue weighted by Gasteiger charge is 2.12. The van der Waals surface area contributed by atoms with Crippen molar-refractivity contribution in [1.29, 1.82) is 0 Å². The lowest BCUT2D eigenvalue weighted by molar-refractivity contribution is 0.199. The van der Waals surface area contributed by atoms with Crippen LogP contribution in [0.15, 0.2) is 70.5 Å². The summed E-state index contributed by atoms with van der Waals surface area (Å²) in [7, 11) is 1.55. The van der Waals surface area contributed by atoms with Gasteiger partial charge in [-0.2, -0.15) is 0 Å². The molecular formula is C18H18F2OS. The van der Waals surface area contributed by atoms with Crippen LogP contribution >= 0.6 is 11.8 Å². The Labute approximate surface area is 135 Å². The first-order valence-corrected chi connectivity index (χ1v) is 7.75.